The van der Waals surface area contributed by atoms with E-state index in [1.165, 1.54) is 8.61 Å². The van der Waals surface area contributed by atoms with E-state index in [1.54, 1.807) is 0 Å². The molecule has 2 aliphatic rings. The first kappa shape index (κ1) is 13.8. The normalized spacial score (nSPS) is 28.1. The lowest BCUT2D eigenvalue weighted by atomic mass is 10.2. The number of carbonyl (C=O) groups is 1. The average molecular weight is 276 g/mol. The van der Waals surface area contributed by atoms with Gasteiger partial charge in [-0.25, -0.2) is 0 Å². The van der Waals surface area contributed by atoms with Crippen molar-refractivity contribution in [1.29, 1.82) is 0 Å². The summed E-state index contributed by atoms with van der Waals surface area (Å²) in [6.07, 6.45) is 4.88. The Balaban J connectivity index is 2.16. The van der Waals surface area contributed by atoms with Gasteiger partial charge in [-0.2, -0.15) is 17.0 Å². The molecule has 0 spiro atoms. The third-order valence-corrected chi connectivity index (χ3v) is 5.72. The van der Waals surface area contributed by atoms with Gasteiger partial charge in [-0.1, -0.05) is 12.8 Å². The van der Waals surface area contributed by atoms with E-state index in [4.69, 9.17) is 5.11 Å². The molecule has 0 saturated carbocycles. The molecule has 2 rings (SSSR count). The Morgan fingerprint density at radius 2 is 1.61 bits per heavy atom. The fourth-order valence-corrected chi connectivity index (χ4v) is 4.58. The molecule has 1 unspecified atom stereocenters. The van der Waals surface area contributed by atoms with E-state index in [0.29, 0.717) is 32.5 Å². The van der Waals surface area contributed by atoms with Crippen LogP contribution in [0.5, 0.6) is 0 Å². The molecule has 7 heteroatoms. The van der Waals surface area contributed by atoms with Crippen LogP contribution in [-0.4, -0.2) is 53.8 Å². The smallest absolute Gasteiger partial charge is 0.322 e. The summed E-state index contributed by atoms with van der Waals surface area (Å²) in [5, 5.41) is 9.08. The zero-order valence-electron chi connectivity index (χ0n) is 10.4. The van der Waals surface area contributed by atoms with Crippen LogP contribution in [0, 0.1) is 0 Å². The summed E-state index contributed by atoms with van der Waals surface area (Å²) in [6, 6.07) is -0.877. The Bertz CT molecular complexity index is 401. The van der Waals surface area contributed by atoms with Crippen molar-refractivity contribution in [2.24, 2.45) is 0 Å². The van der Waals surface area contributed by atoms with Gasteiger partial charge in [-0.05, 0) is 25.7 Å². The van der Waals surface area contributed by atoms with E-state index in [0.717, 1.165) is 25.7 Å². The highest BCUT2D eigenvalue weighted by Gasteiger charge is 2.41. The number of nitrogens with zero attached hydrogens (tertiary/aromatic N) is 2. The first-order valence-corrected chi connectivity index (χ1v) is 7.93. The summed E-state index contributed by atoms with van der Waals surface area (Å²) in [6.45, 7) is 1.37. The first-order chi connectivity index (χ1) is 8.53. The Kier molecular flexibility index (Phi) is 4.24. The molecule has 1 atom stereocenters. The van der Waals surface area contributed by atoms with Gasteiger partial charge in [0.05, 0.1) is 0 Å². The predicted molar refractivity (Wildman–Crippen MR) is 66.3 cm³/mol. The molecule has 0 aromatic heterocycles. The number of carboxylic acids is 1. The number of aliphatic carboxylic acids is 1. The van der Waals surface area contributed by atoms with Crippen LogP contribution in [0.4, 0.5) is 0 Å². The highest BCUT2D eigenvalue weighted by molar-refractivity contribution is 7.86. The maximum atomic E-state index is 12.4. The second kappa shape index (κ2) is 5.54. The van der Waals surface area contributed by atoms with Crippen molar-refractivity contribution < 1.29 is 18.3 Å². The molecule has 104 valence electrons. The topological polar surface area (TPSA) is 77.9 Å². The second-order valence-corrected chi connectivity index (χ2v) is 6.81. The van der Waals surface area contributed by atoms with Crippen LogP contribution in [-0.2, 0) is 15.0 Å². The molecular formula is C11H20N2O4S. The number of carboxylic acid groups (broad SMARTS) is 1. The molecule has 18 heavy (non-hydrogen) atoms. The highest BCUT2D eigenvalue weighted by atomic mass is 32.2. The summed E-state index contributed by atoms with van der Waals surface area (Å²) in [5.74, 6) is -1.04. The molecule has 2 aliphatic heterocycles. The van der Waals surface area contributed by atoms with Crippen LogP contribution >= 0.6 is 0 Å². The second-order valence-electron chi connectivity index (χ2n) is 4.93. The van der Waals surface area contributed by atoms with Gasteiger partial charge in [-0.15, -0.1) is 0 Å². The van der Waals surface area contributed by atoms with Gasteiger partial charge < -0.3 is 5.11 Å². The Morgan fingerprint density at radius 3 is 2.17 bits per heavy atom. The van der Waals surface area contributed by atoms with Crippen molar-refractivity contribution >= 4 is 16.2 Å². The van der Waals surface area contributed by atoms with E-state index < -0.39 is 22.2 Å². The molecule has 6 nitrogen and oxygen atoms in total. The van der Waals surface area contributed by atoms with Crippen molar-refractivity contribution in [3.8, 4) is 0 Å². The summed E-state index contributed by atoms with van der Waals surface area (Å²) >= 11 is 0. The van der Waals surface area contributed by atoms with Crippen LogP contribution in [0.2, 0.25) is 0 Å². The van der Waals surface area contributed by atoms with E-state index in [-0.39, 0.29) is 0 Å². The summed E-state index contributed by atoms with van der Waals surface area (Å²) in [7, 11) is -3.59. The monoisotopic (exact) mass is 276 g/mol. The SMILES string of the molecule is O=C(O)C1CCCN1S(=O)(=O)N1CCCCCC1. The zero-order chi connectivity index (χ0) is 13.2. The zero-order valence-corrected chi connectivity index (χ0v) is 11.2. The van der Waals surface area contributed by atoms with Gasteiger partial charge in [0.15, 0.2) is 0 Å². The molecule has 2 heterocycles. The molecule has 0 amide bonds. The summed E-state index contributed by atoms with van der Waals surface area (Å²) in [5.41, 5.74) is 0. The fraction of sp³-hybridized carbons (Fsp3) is 0.909. The molecule has 0 aromatic rings. The lowest BCUT2D eigenvalue weighted by Gasteiger charge is -2.28. The number of rotatable bonds is 3. The van der Waals surface area contributed by atoms with Crippen LogP contribution in [0.3, 0.4) is 0 Å². The maximum absolute atomic E-state index is 12.4. The third kappa shape index (κ3) is 2.67. The Hall–Kier alpha value is -0.660. The van der Waals surface area contributed by atoms with Crippen molar-refractivity contribution in [1.82, 2.24) is 8.61 Å². The van der Waals surface area contributed by atoms with Crippen molar-refractivity contribution in [3.63, 3.8) is 0 Å². The van der Waals surface area contributed by atoms with Crippen molar-refractivity contribution in [2.75, 3.05) is 19.6 Å². The number of hydrogen-bond donors (Lipinski definition) is 1. The minimum Gasteiger partial charge on any atom is -0.480 e. The standard InChI is InChI=1S/C11H20N2O4S/c14-11(15)10-6-5-9-13(10)18(16,17)12-7-3-1-2-4-8-12/h10H,1-9H2,(H,14,15). The maximum Gasteiger partial charge on any atom is 0.322 e. The van der Waals surface area contributed by atoms with Gasteiger partial charge >= 0.3 is 5.97 Å². The van der Waals surface area contributed by atoms with E-state index in [1.807, 2.05) is 0 Å². The Morgan fingerprint density at radius 1 is 1.00 bits per heavy atom. The van der Waals surface area contributed by atoms with E-state index >= 15 is 0 Å². The van der Waals surface area contributed by atoms with E-state index in [2.05, 4.69) is 0 Å². The Labute approximate surface area is 108 Å². The molecule has 0 bridgehead atoms. The van der Waals surface area contributed by atoms with Crippen molar-refractivity contribution in [2.45, 2.75) is 44.6 Å². The van der Waals surface area contributed by atoms with Crippen molar-refractivity contribution in [3.05, 3.63) is 0 Å². The quantitative estimate of drug-likeness (QED) is 0.821. The molecule has 2 fully saturated rings. The van der Waals surface area contributed by atoms with Gasteiger partial charge in [0.1, 0.15) is 6.04 Å². The van der Waals surface area contributed by atoms with Gasteiger partial charge in [0.2, 0.25) is 0 Å². The first-order valence-electron chi connectivity index (χ1n) is 6.53. The molecule has 0 aliphatic carbocycles. The molecule has 1 N–H and O–H groups in total. The summed E-state index contributed by atoms with van der Waals surface area (Å²) in [4.78, 5) is 11.1. The van der Waals surface area contributed by atoms with E-state index in [9.17, 15) is 13.2 Å². The van der Waals surface area contributed by atoms with Crippen LogP contribution in [0.25, 0.3) is 0 Å². The van der Waals surface area contributed by atoms with Gasteiger partial charge in [0.25, 0.3) is 10.2 Å². The number of hydrogen-bond acceptors (Lipinski definition) is 3. The predicted octanol–water partition coefficient (Wildman–Crippen LogP) is 0.656. The van der Waals surface area contributed by atoms with Crippen LogP contribution in [0.15, 0.2) is 0 Å². The molecular weight excluding hydrogens is 256 g/mol. The van der Waals surface area contributed by atoms with Crippen LogP contribution < -0.4 is 0 Å². The highest BCUT2D eigenvalue weighted by Crippen LogP contribution is 2.25. The largest absolute Gasteiger partial charge is 0.480 e. The molecule has 0 aromatic carbocycles. The minimum absolute atomic E-state index is 0.329. The lowest BCUT2D eigenvalue weighted by Crippen LogP contribution is -2.48. The van der Waals surface area contributed by atoms with Gasteiger partial charge in [0, 0.05) is 19.6 Å². The van der Waals surface area contributed by atoms with Crippen LogP contribution in [0.1, 0.15) is 38.5 Å². The molecule has 2 saturated heterocycles. The third-order valence-electron chi connectivity index (χ3n) is 3.68. The molecule has 0 radical (unpaired) electrons. The minimum atomic E-state index is -3.59. The average Bonchev–Trinajstić information content (AvgIpc) is 2.65. The fourth-order valence-electron chi connectivity index (χ4n) is 2.68. The lowest BCUT2D eigenvalue weighted by molar-refractivity contribution is -0.140. The van der Waals surface area contributed by atoms with Gasteiger partial charge in [-0.3, -0.25) is 4.79 Å². The summed E-state index contributed by atoms with van der Waals surface area (Å²) < 4.78 is 27.5.